The van der Waals surface area contributed by atoms with Crippen molar-refractivity contribution in [2.45, 2.75) is 6.42 Å². The van der Waals surface area contributed by atoms with Gasteiger partial charge < -0.3 is 10.2 Å². The minimum Gasteiger partial charge on any atom is -0.374 e. The number of likely N-dealkylation sites (N-methyl/N-ethyl adjacent to an activating group) is 1. The molecule has 1 amide bonds. The van der Waals surface area contributed by atoms with Crippen molar-refractivity contribution in [3.63, 3.8) is 0 Å². The number of nitrogens with zero attached hydrogens (tertiary/aromatic N) is 1. The number of para-hydroxylation sites is 1. The van der Waals surface area contributed by atoms with E-state index in [4.69, 9.17) is 0 Å². The Morgan fingerprint density at radius 2 is 1.85 bits per heavy atom. The van der Waals surface area contributed by atoms with Crippen molar-refractivity contribution in [1.29, 1.82) is 0 Å². The number of anilines is 2. The lowest BCUT2D eigenvalue weighted by atomic mass is 10.1. The van der Waals surface area contributed by atoms with Gasteiger partial charge in [-0.2, -0.15) is 0 Å². The molecule has 0 bridgehead atoms. The van der Waals surface area contributed by atoms with Crippen molar-refractivity contribution in [3.05, 3.63) is 70.4 Å². The Balaban J connectivity index is 1.71. The van der Waals surface area contributed by atoms with Crippen LogP contribution in [0.15, 0.2) is 42.5 Å². The van der Waals surface area contributed by atoms with E-state index in [-0.39, 0.29) is 5.82 Å². The minimum atomic E-state index is -0.830. The number of benzene rings is 2. The highest BCUT2D eigenvalue weighted by atomic mass is 32.1. The second-order valence-corrected chi connectivity index (χ2v) is 7.40. The molecule has 0 radical (unpaired) electrons. The maximum Gasteiger partial charge on any atom is 0.265 e. The summed E-state index contributed by atoms with van der Waals surface area (Å²) in [5.74, 6) is -2.56. The number of hydrogen-bond donors (Lipinski definition) is 1. The van der Waals surface area contributed by atoms with Gasteiger partial charge in [0, 0.05) is 29.7 Å². The number of rotatable bonds is 2. The molecular formula is C20H15F3N2OS. The topological polar surface area (TPSA) is 32.3 Å². The Kier molecular flexibility index (Phi) is 4.39. The molecule has 0 fully saturated rings. The van der Waals surface area contributed by atoms with Gasteiger partial charge in [0.05, 0.1) is 4.88 Å². The molecule has 1 N–H and O–H groups in total. The summed E-state index contributed by atoms with van der Waals surface area (Å²) in [6, 6.07) is 9.70. The molecule has 0 aliphatic carbocycles. The molecule has 7 heteroatoms. The number of halogens is 3. The highest BCUT2D eigenvalue weighted by molar-refractivity contribution is 7.17. The average molecular weight is 388 g/mol. The second kappa shape index (κ2) is 6.74. The van der Waals surface area contributed by atoms with E-state index in [2.05, 4.69) is 5.32 Å². The van der Waals surface area contributed by atoms with Gasteiger partial charge in [-0.15, -0.1) is 11.3 Å². The number of hydrogen-bond acceptors (Lipinski definition) is 3. The van der Waals surface area contributed by atoms with Crippen LogP contribution in [0.2, 0.25) is 0 Å². The predicted octanol–water partition coefficient (Wildman–Crippen LogP) is 5.08. The van der Waals surface area contributed by atoms with Crippen LogP contribution in [0.3, 0.4) is 0 Å². The van der Waals surface area contributed by atoms with Crippen molar-refractivity contribution in [1.82, 2.24) is 0 Å². The molecule has 27 heavy (non-hydrogen) atoms. The third kappa shape index (κ3) is 3.19. The third-order valence-corrected chi connectivity index (χ3v) is 5.78. The number of fused-ring (bicyclic) bond motifs is 3. The summed E-state index contributed by atoms with van der Waals surface area (Å²) in [5.41, 5.74) is 2.08. The highest BCUT2D eigenvalue weighted by Gasteiger charge is 2.23. The lowest BCUT2D eigenvalue weighted by Crippen LogP contribution is -2.19. The molecule has 0 saturated heterocycles. The molecular weight excluding hydrogens is 373 g/mol. The molecule has 3 aromatic rings. The normalized spacial score (nSPS) is 13.0. The van der Waals surface area contributed by atoms with Crippen molar-refractivity contribution in [3.8, 4) is 10.4 Å². The molecule has 2 heterocycles. The lowest BCUT2D eigenvalue weighted by molar-refractivity contribution is 0.102. The Labute approximate surface area is 158 Å². The van der Waals surface area contributed by atoms with Crippen LogP contribution in [-0.4, -0.2) is 19.5 Å². The van der Waals surface area contributed by atoms with Crippen LogP contribution in [0.1, 0.15) is 15.2 Å². The number of amides is 1. The second-order valence-electron chi connectivity index (χ2n) is 6.35. The number of thiophene rings is 1. The molecule has 3 nitrogen and oxygen atoms in total. The highest BCUT2D eigenvalue weighted by Crippen LogP contribution is 2.41. The van der Waals surface area contributed by atoms with Gasteiger partial charge in [0.25, 0.3) is 5.91 Å². The summed E-state index contributed by atoms with van der Waals surface area (Å²) in [5, 5.41) is 2.31. The van der Waals surface area contributed by atoms with Gasteiger partial charge >= 0.3 is 0 Å². The molecule has 0 saturated carbocycles. The fourth-order valence-corrected chi connectivity index (χ4v) is 4.31. The summed E-state index contributed by atoms with van der Waals surface area (Å²) >= 11 is 1.23. The zero-order valence-corrected chi connectivity index (χ0v) is 15.2. The first-order chi connectivity index (χ1) is 12.9. The first-order valence-electron chi connectivity index (χ1n) is 8.33. The van der Waals surface area contributed by atoms with Crippen LogP contribution in [0, 0.1) is 17.5 Å². The molecule has 0 spiro atoms. The zero-order chi connectivity index (χ0) is 19.1. The lowest BCUT2D eigenvalue weighted by Gasteiger charge is -2.19. The average Bonchev–Trinajstić information content (AvgIpc) is 3.02. The molecule has 1 aromatic heterocycles. The van der Waals surface area contributed by atoms with E-state index in [9.17, 15) is 18.0 Å². The van der Waals surface area contributed by atoms with Gasteiger partial charge in [0.2, 0.25) is 0 Å². The monoisotopic (exact) mass is 388 g/mol. The van der Waals surface area contributed by atoms with E-state index in [1.54, 1.807) is 12.1 Å². The van der Waals surface area contributed by atoms with Gasteiger partial charge in [-0.3, -0.25) is 4.79 Å². The molecule has 138 valence electrons. The summed E-state index contributed by atoms with van der Waals surface area (Å²) in [6.45, 7) is 0.670. The summed E-state index contributed by atoms with van der Waals surface area (Å²) in [7, 11) is 1.89. The predicted molar refractivity (Wildman–Crippen MR) is 101 cm³/mol. The quantitative estimate of drug-likeness (QED) is 0.664. The van der Waals surface area contributed by atoms with Crippen LogP contribution in [-0.2, 0) is 6.42 Å². The Hall–Kier alpha value is -2.80. The maximum absolute atomic E-state index is 13.8. The zero-order valence-electron chi connectivity index (χ0n) is 14.4. The number of nitrogens with one attached hydrogen (secondary N) is 1. The number of carbonyl (C=O) groups is 1. The molecule has 0 unspecified atom stereocenters. The molecule has 4 rings (SSSR count). The maximum atomic E-state index is 13.8. The van der Waals surface area contributed by atoms with E-state index in [1.165, 1.54) is 29.5 Å². The standard InChI is InChI=1S/C20H15F3N2OS/c1-25-8-7-11-9-17(20(26)24-18-14(22)3-2-4-15(18)23)27-19(11)13-6-5-12(21)10-16(13)25/h2-6,9-10H,7-8H2,1H3,(H,24,26). The Bertz CT molecular complexity index is 1030. The minimum absolute atomic E-state index is 0.325. The van der Waals surface area contributed by atoms with E-state index in [1.807, 2.05) is 11.9 Å². The largest absolute Gasteiger partial charge is 0.374 e. The van der Waals surface area contributed by atoms with Gasteiger partial charge in [-0.1, -0.05) is 6.07 Å². The first-order valence-corrected chi connectivity index (χ1v) is 9.15. The van der Waals surface area contributed by atoms with Crippen LogP contribution < -0.4 is 10.2 Å². The van der Waals surface area contributed by atoms with Crippen LogP contribution in [0.4, 0.5) is 24.5 Å². The van der Waals surface area contributed by atoms with E-state index in [0.717, 1.165) is 33.8 Å². The van der Waals surface area contributed by atoms with Gasteiger partial charge in [-0.25, -0.2) is 13.2 Å². The van der Waals surface area contributed by atoms with E-state index < -0.39 is 23.2 Å². The van der Waals surface area contributed by atoms with Crippen molar-refractivity contribution in [2.75, 3.05) is 23.8 Å². The van der Waals surface area contributed by atoms with Crippen LogP contribution in [0.5, 0.6) is 0 Å². The first kappa shape index (κ1) is 17.6. The van der Waals surface area contributed by atoms with Crippen molar-refractivity contribution >= 4 is 28.6 Å². The Morgan fingerprint density at radius 3 is 2.59 bits per heavy atom. The molecule has 1 aliphatic rings. The summed E-state index contributed by atoms with van der Waals surface area (Å²) < 4.78 is 41.3. The van der Waals surface area contributed by atoms with Gasteiger partial charge in [0.1, 0.15) is 23.1 Å². The summed E-state index contributed by atoms with van der Waals surface area (Å²) in [6.07, 6.45) is 0.681. The smallest absolute Gasteiger partial charge is 0.265 e. The molecule has 0 atom stereocenters. The van der Waals surface area contributed by atoms with E-state index >= 15 is 0 Å². The van der Waals surface area contributed by atoms with Crippen molar-refractivity contribution in [2.24, 2.45) is 0 Å². The van der Waals surface area contributed by atoms with Crippen molar-refractivity contribution < 1.29 is 18.0 Å². The Morgan fingerprint density at radius 1 is 1.11 bits per heavy atom. The fourth-order valence-electron chi connectivity index (χ4n) is 3.17. The SMILES string of the molecule is CN1CCc2cc(C(=O)Nc3c(F)cccc3F)sc2-c2ccc(F)cc21. The van der Waals surface area contributed by atoms with E-state index in [0.29, 0.717) is 17.8 Å². The van der Waals surface area contributed by atoms with Crippen LogP contribution >= 0.6 is 11.3 Å². The summed E-state index contributed by atoms with van der Waals surface area (Å²) in [4.78, 5) is 15.7. The van der Waals surface area contributed by atoms with Crippen LogP contribution in [0.25, 0.3) is 10.4 Å². The number of carbonyl (C=O) groups excluding carboxylic acids is 1. The van der Waals surface area contributed by atoms with Gasteiger partial charge in [0.15, 0.2) is 0 Å². The third-order valence-electron chi connectivity index (χ3n) is 4.57. The fraction of sp³-hybridized carbons (Fsp3) is 0.150. The molecule has 2 aromatic carbocycles. The molecule has 1 aliphatic heterocycles. The van der Waals surface area contributed by atoms with Gasteiger partial charge in [-0.05, 0) is 48.4 Å².